The normalized spacial score (nSPS) is 13.4. The van der Waals surface area contributed by atoms with Gasteiger partial charge in [-0.25, -0.2) is 0 Å². The van der Waals surface area contributed by atoms with Gasteiger partial charge in [-0.1, -0.05) is 66.7 Å². The molecule has 1 amide bonds. The Morgan fingerprint density at radius 3 is 2.35 bits per heavy atom. The zero-order chi connectivity index (χ0) is 16.1. The molecule has 1 atom stereocenters. The SMILES string of the molecule is N[C@](CNC=O)(Cc1ccccc1)c1ccc2ccccc2c1. The smallest absolute Gasteiger partial charge is 0.207 e. The van der Waals surface area contributed by atoms with Crippen LogP contribution in [0.3, 0.4) is 0 Å². The van der Waals surface area contributed by atoms with Gasteiger partial charge in [-0.2, -0.15) is 0 Å². The first-order valence-electron chi connectivity index (χ1n) is 7.70. The molecule has 0 bridgehead atoms. The van der Waals surface area contributed by atoms with Crippen LogP contribution in [0, 0.1) is 0 Å². The maximum absolute atomic E-state index is 10.8. The number of rotatable bonds is 6. The number of nitrogens with one attached hydrogen (secondary N) is 1. The fourth-order valence-corrected chi connectivity index (χ4v) is 2.95. The first kappa shape index (κ1) is 15.3. The van der Waals surface area contributed by atoms with Crippen LogP contribution in [-0.4, -0.2) is 13.0 Å². The molecule has 116 valence electrons. The summed E-state index contributed by atoms with van der Waals surface area (Å²) >= 11 is 0. The number of hydrogen-bond donors (Lipinski definition) is 2. The number of carbonyl (C=O) groups is 1. The molecule has 3 rings (SSSR count). The van der Waals surface area contributed by atoms with Crippen molar-refractivity contribution in [3.8, 4) is 0 Å². The van der Waals surface area contributed by atoms with Crippen LogP contribution >= 0.6 is 0 Å². The Hall–Kier alpha value is -2.65. The maximum Gasteiger partial charge on any atom is 0.207 e. The predicted molar refractivity (Wildman–Crippen MR) is 94.0 cm³/mol. The summed E-state index contributed by atoms with van der Waals surface area (Å²) in [4.78, 5) is 10.8. The second kappa shape index (κ2) is 6.63. The van der Waals surface area contributed by atoms with Gasteiger partial charge in [0.25, 0.3) is 0 Å². The van der Waals surface area contributed by atoms with Crippen molar-refractivity contribution in [3.63, 3.8) is 0 Å². The van der Waals surface area contributed by atoms with Gasteiger partial charge >= 0.3 is 0 Å². The highest BCUT2D eigenvalue weighted by Crippen LogP contribution is 2.26. The molecule has 0 spiro atoms. The van der Waals surface area contributed by atoms with Crippen LogP contribution in [0.25, 0.3) is 10.8 Å². The Morgan fingerprint density at radius 1 is 0.913 bits per heavy atom. The van der Waals surface area contributed by atoms with Crippen LogP contribution in [0.1, 0.15) is 11.1 Å². The summed E-state index contributed by atoms with van der Waals surface area (Å²) in [6.45, 7) is 0.393. The highest BCUT2D eigenvalue weighted by molar-refractivity contribution is 5.83. The molecule has 3 N–H and O–H groups in total. The average Bonchev–Trinajstić information content (AvgIpc) is 2.60. The number of amides is 1. The van der Waals surface area contributed by atoms with Gasteiger partial charge < -0.3 is 11.1 Å². The van der Waals surface area contributed by atoms with Crippen molar-refractivity contribution in [3.05, 3.63) is 83.9 Å². The van der Waals surface area contributed by atoms with Crippen molar-refractivity contribution in [1.29, 1.82) is 0 Å². The van der Waals surface area contributed by atoms with Gasteiger partial charge in [0, 0.05) is 6.54 Å². The van der Waals surface area contributed by atoms with Crippen LogP contribution in [-0.2, 0) is 16.8 Å². The molecule has 0 aromatic heterocycles. The highest BCUT2D eigenvalue weighted by Gasteiger charge is 2.27. The average molecular weight is 304 g/mol. The molecular formula is C20H20N2O. The van der Waals surface area contributed by atoms with E-state index >= 15 is 0 Å². The van der Waals surface area contributed by atoms with E-state index in [9.17, 15) is 4.79 Å². The number of carbonyl (C=O) groups excluding carboxylic acids is 1. The topological polar surface area (TPSA) is 55.1 Å². The lowest BCUT2D eigenvalue weighted by molar-refractivity contribution is -0.109. The molecule has 0 saturated heterocycles. The van der Waals surface area contributed by atoms with Crippen molar-refractivity contribution in [1.82, 2.24) is 5.32 Å². The van der Waals surface area contributed by atoms with E-state index in [1.165, 1.54) is 5.39 Å². The third-order valence-electron chi connectivity index (χ3n) is 4.19. The molecule has 23 heavy (non-hydrogen) atoms. The Kier molecular flexibility index (Phi) is 4.40. The van der Waals surface area contributed by atoms with E-state index < -0.39 is 5.54 Å². The lowest BCUT2D eigenvalue weighted by atomic mass is 9.83. The van der Waals surface area contributed by atoms with Gasteiger partial charge in [0.1, 0.15) is 0 Å². The molecule has 3 nitrogen and oxygen atoms in total. The van der Waals surface area contributed by atoms with E-state index in [2.05, 4.69) is 47.8 Å². The summed E-state index contributed by atoms with van der Waals surface area (Å²) < 4.78 is 0. The van der Waals surface area contributed by atoms with Crippen LogP contribution in [0.4, 0.5) is 0 Å². The first-order chi connectivity index (χ1) is 11.2. The van der Waals surface area contributed by atoms with Crippen molar-refractivity contribution in [2.24, 2.45) is 5.73 Å². The Bertz CT molecular complexity index is 801. The van der Waals surface area contributed by atoms with Gasteiger partial charge in [-0.15, -0.1) is 0 Å². The summed E-state index contributed by atoms with van der Waals surface area (Å²) in [7, 11) is 0. The number of fused-ring (bicyclic) bond motifs is 1. The third-order valence-corrected chi connectivity index (χ3v) is 4.19. The maximum atomic E-state index is 10.8. The number of hydrogen-bond acceptors (Lipinski definition) is 2. The van der Waals surface area contributed by atoms with Gasteiger partial charge in [0.2, 0.25) is 6.41 Å². The van der Waals surface area contributed by atoms with Crippen LogP contribution < -0.4 is 11.1 Å². The van der Waals surface area contributed by atoms with Crippen LogP contribution in [0.5, 0.6) is 0 Å². The van der Waals surface area contributed by atoms with Gasteiger partial charge in [0.05, 0.1) is 5.54 Å². The summed E-state index contributed by atoms with van der Waals surface area (Å²) in [6.07, 6.45) is 1.36. The van der Waals surface area contributed by atoms with Crippen LogP contribution in [0.2, 0.25) is 0 Å². The summed E-state index contributed by atoms with van der Waals surface area (Å²) in [6, 6.07) is 24.6. The lowest BCUT2D eigenvalue weighted by Gasteiger charge is -2.30. The van der Waals surface area contributed by atoms with Gasteiger partial charge in [-0.05, 0) is 34.4 Å². The highest BCUT2D eigenvalue weighted by atomic mass is 16.1. The van der Waals surface area contributed by atoms with Crippen molar-refractivity contribution in [2.45, 2.75) is 12.0 Å². The predicted octanol–water partition coefficient (Wildman–Crippen LogP) is 2.98. The molecule has 3 heteroatoms. The Labute approximate surface area is 136 Å². The minimum absolute atomic E-state index is 0.393. The first-order valence-corrected chi connectivity index (χ1v) is 7.70. The monoisotopic (exact) mass is 304 g/mol. The van der Waals surface area contributed by atoms with E-state index in [0.29, 0.717) is 19.4 Å². The molecule has 3 aromatic rings. The molecule has 0 aliphatic rings. The van der Waals surface area contributed by atoms with Gasteiger partial charge in [0.15, 0.2) is 0 Å². The van der Waals surface area contributed by atoms with Crippen LogP contribution in [0.15, 0.2) is 72.8 Å². The standard InChI is InChI=1S/C20H20N2O/c21-20(14-22-15-23,13-16-6-2-1-3-7-16)19-11-10-17-8-4-5-9-18(17)12-19/h1-12,15H,13-14,21H2,(H,22,23)/t20-/m0/s1. The summed E-state index contributed by atoms with van der Waals surface area (Å²) in [5.74, 6) is 0. The van der Waals surface area contributed by atoms with E-state index in [1.807, 2.05) is 30.3 Å². The Morgan fingerprint density at radius 2 is 1.61 bits per heavy atom. The van der Waals surface area contributed by atoms with E-state index in [1.54, 1.807) is 0 Å². The fourth-order valence-electron chi connectivity index (χ4n) is 2.95. The third kappa shape index (κ3) is 3.41. The molecule has 0 heterocycles. The van der Waals surface area contributed by atoms with Crippen molar-refractivity contribution < 1.29 is 4.79 Å². The molecule has 0 unspecified atom stereocenters. The molecule has 0 aliphatic heterocycles. The summed E-state index contributed by atoms with van der Waals surface area (Å²) in [5.41, 5.74) is 8.23. The fraction of sp³-hybridized carbons (Fsp3) is 0.150. The summed E-state index contributed by atoms with van der Waals surface area (Å²) in [5, 5.41) is 5.08. The Balaban J connectivity index is 2.00. The largest absolute Gasteiger partial charge is 0.356 e. The molecule has 0 aliphatic carbocycles. The zero-order valence-corrected chi connectivity index (χ0v) is 12.9. The molecular weight excluding hydrogens is 284 g/mol. The molecule has 0 saturated carbocycles. The van der Waals surface area contributed by atoms with E-state index in [-0.39, 0.29) is 0 Å². The van der Waals surface area contributed by atoms with E-state index in [4.69, 9.17) is 5.73 Å². The molecule has 3 aromatic carbocycles. The second-order valence-corrected chi connectivity index (χ2v) is 5.88. The zero-order valence-electron chi connectivity index (χ0n) is 12.9. The molecule has 0 radical (unpaired) electrons. The van der Waals surface area contributed by atoms with Crippen molar-refractivity contribution >= 4 is 17.2 Å². The lowest BCUT2D eigenvalue weighted by Crippen LogP contribution is -2.47. The van der Waals surface area contributed by atoms with E-state index in [0.717, 1.165) is 16.5 Å². The molecule has 0 fully saturated rings. The van der Waals surface area contributed by atoms with Gasteiger partial charge in [-0.3, -0.25) is 4.79 Å². The second-order valence-electron chi connectivity index (χ2n) is 5.88. The number of benzene rings is 3. The minimum atomic E-state index is -0.647. The van der Waals surface area contributed by atoms with Crippen molar-refractivity contribution in [2.75, 3.05) is 6.54 Å². The quantitative estimate of drug-likeness (QED) is 0.688. The number of nitrogens with two attached hydrogens (primary N) is 1. The minimum Gasteiger partial charge on any atom is -0.356 e.